The molecule has 2 fully saturated rings. The standard InChI is InChI=1S/C22H31N5O2/c1-17-8-14-26(15-9-17)20(28)16-25-12-10-18(11-13-25)21-23-24(2)22(29)27(21)19-6-4-3-5-7-19/h3-7,17-18H,8-16H2,1-2H3. The second-order valence-electron chi connectivity index (χ2n) is 8.55. The van der Waals surface area contributed by atoms with Crippen LogP contribution in [-0.4, -0.2) is 62.8 Å². The average molecular weight is 398 g/mol. The normalized spacial score (nSPS) is 19.6. The first-order valence-corrected chi connectivity index (χ1v) is 10.7. The molecule has 7 nitrogen and oxygen atoms in total. The minimum atomic E-state index is -0.108. The summed E-state index contributed by atoms with van der Waals surface area (Å²) in [6.07, 6.45) is 4.05. The first-order valence-electron chi connectivity index (χ1n) is 10.7. The van der Waals surface area contributed by atoms with E-state index >= 15 is 0 Å². The zero-order chi connectivity index (χ0) is 20.4. The second kappa shape index (κ2) is 8.53. The maximum absolute atomic E-state index is 12.6. The van der Waals surface area contributed by atoms with E-state index in [1.54, 1.807) is 11.6 Å². The van der Waals surface area contributed by atoms with Crippen molar-refractivity contribution in [2.24, 2.45) is 13.0 Å². The van der Waals surface area contributed by atoms with E-state index < -0.39 is 0 Å². The van der Waals surface area contributed by atoms with E-state index in [0.717, 1.165) is 69.3 Å². The summed E-state index contributed by atoms with van der Waals surface area (Å²) in [5.74, 6) is 2.05. The van der Waals surface area contributed by atoms with Crippen LogP contribution in [0.15, 0.2) is 35.1 Å². The van der Waals surface area contributed by atoms with Gasteiger partial charge in [-0.05, 0) is 56.8 Å². The fourth-order valence-corrected chi connectivity index (χ4v) is 4.47. The highest BCUT2D eigenvalue weighted by molar-refractivity contribution is 5.78. The Morgan fingerprint density at radius 2 is 1.69 bits per heavy atom. The van der Waals surface area contributed by atoms with Crippen LogP contribution in [0.2, 0.25) is 0 Å². The van der Waals surface area contributed by atoms with E-state index in [2.05, 4.69) is 16.9 Å². The molecule has 29 heavy (non-hydrogen) atoms. The number of carbonyl (C=O) groups is 1. The molecule has 0 spiro atoms. The number of nitrogens with zero attached hydrogens (tertiary/aromatic N) is 5. The summed E-state index contributed by atoms with van der Waals surface area (Å²) in [4.78, 5) is 29.6. The third-order valence-electron chi connectivity index (χ3n) is 6.41. The number of para-hydroxylation sites is 1. The van der Waals surface area contributed by atoms with Crippen LogP contribution < -0.4 is 5.69 Å². The van der Waals surface area contributed by atoms with Gasteiger partial charge in [-0.3, -0.25) is 9.69 Å². The van der Waals surface area contributed by atoms with Gasteiger partial charge in [0, 0.05) is 26.1 Å². The third kappa shape index (κ3) is 4.29. The molecule has 0 bridgehead atoms. The molecule has 0 N–H and O–H groups in total. The number of hydrogen-bond donors (Lipinski definition) is 0. The summed E-state index contributed by atoms with van der Waals surface area (Å²) in [7, 11) is 1.71. The monoisotopic (exact) mass is 397 g/mol. The van der Waals surface area contributed by atoms with Crippen LogP contribution in [0.25, 0.3) is 5.69 Å². The van der Waals surface area contributed by atoms with Crippen molar-refractivity contribution in [1.82, 2.24) is 24.1 Å². The number of aromatic nitrogens is 3. The number of amides is 1. The number of carbonyl (C=O) groups excluding carboxylic acids is 1. The molecule has 0 radical (unpaired) electrons. The lowest BCUT2D eigenvalue weighted by Crippen LogP contribution is -2.45. The van der Waals surface area contributed by atoms with Gasteiger partial charge in [0.05, 0.1) is 12.2 Å². The smallest absolute Gasteiger partial charge is 0.342 e. The Morgan fingerprint density at radius 1 is 1.03 bits per heavy atom. The van der Waals surface area contributed by atoms with Crippen molar-refractivity contribution in [3.8, 4) is 5.69 Å². The van der Waals surface area contributed by atoms with Crippen molar-refractivity contribution in [2.45, 2.75) is 38.5 Å². The van der Waals surface area contributed by atoms with E-state index in [9.17, 15) is 9.59 Å². The highest BCUT2D eigenvalue weighted by Crippen LogP contribution is 2.27. The van der Waals surface area contributed by atoms with E-state index in [4.69, 9.17) is 0 Å². The maximum atomic E-state index is 12.6. The zero-order valence-electron chi connectivity index (χ0n) is 17.5. The Kier molecular flexibility index (Phi) is 5.85. The Balaban J connectivity index is 1.40. The van der Waals surface area contributed by atoms with E-state index in [0.29, 0.717) is 6.54 Å². The fraction of sp³-hybridized carbons (Fsp3) is 0.591. The lowest BCUT2D eigenvalue weighted by Gasteiger charge is -2.35. The number of hydrogen-bond acceptors (Lipinski definition) is 4. The first kappa shape index (κ1) is 19.9. The van der Waals surface area contributed by atoms with Crippen molar-refractivity contribution < 1.29 is 4.79 Å². The molecule has 4 rings (SSSR count). The molecule has 2 saturated heterocycles. The topological polar surface area (TPSA) is 63.4 Å². The third-order valence-corrected chi connectivity index (χ3v) is 6.41. The Bertz CT molecular complexity index is 888. The van der Waals surface area contributed by atoms with Crippen LogP contribution >= 0.6 is 0 Å². The molecule has 0 aliphatic carbocycles. The predicted octanol–water partition coefficient (Wildman–Crippen LogP) is 2.01. The summed E-state index contributed by atoms with van der Waals surface area (Å²) in [5.41, 5.74) is 0.751. The minimum Gasteiger partial charge on any atom is -0.342 e. The van der Waals surface area contributed by atoms with Gasteiger partial charge in [0.2, 0.25) is 5.91 Å². The van der Waals surface area contributed by atoms with Gasteiger partial charge in [0.25, 0.3) is 0 Å². The lowest BCUT2D eigenvalue weighted by atomic mass is 9.95. The maximum Gasteiger partial charge on any atom is 0.350 e. The molecule has 7 heteroatoms. The summed E-state index contributed by atoms with van der Waals surface area (Å²) >= 11 is 0. The number of likely N-dealkylation sites (tertiary alicyclic amines) is 2. The molecule has 0 saturated carbocycles. The quantitative estimate of drug-likeness (QED) is 0.792. The zero-order valence-corrected chi connectivity index (χ0v) is 17.5. The summed E-state index contributed by atoms with van der Waals surface area (Å²) < 4.78 is 3.16. The molecule has 156 valence electrons. The van der Waals surface area contributed by atoms with Crippen LogP contribution in [0.1, 0.15) is 44.3 Å². The Labute approximate surface area is 171 Å². The first-order chi connectivity index (χ1) is 14.0. The SMILES string of the molecule is CC1CCN(C(=O)CN2CCC(c3nn(C)c(=O)n3-c3ccccc3)CC2)CC1. The molecule has 2 aliphatic rings. The van der Waals surface area contributed by atoms with Crippen LogP contribution in [-0.2, 0) is 11.8 Å². The van der Waals surface area contributed by atoms with Gasteiger partial charge in [-0.15, -0.1) is 0 Å². The Morgan fingerprint density at radius 3 is 2.34 bits per heavy atom. The van der Waals surface area contributed by atoms with Gasteiger partial charge in [-0.25, -0.2) is 14.0 Å². The highest BCUT2D eigenvalue weighted by atomic mass is 16.2. The number of piperidine rings is 2. The molecular weight excluding hydrogens is 366 g/mol. The lowest BCUT2D eigenvalue weighted by molar-refractivity contribution is -0.134. The molecule has 2 aliphatic heterocycles. The van der Waals surface area contributed by atoms with E-state index in [-0.39, 0.29) is 17.5 Å². The van der Waals surface area contributed by atoms with Gasteiger partial charge < -0.3 is 4.90 Å². The van der Waals surface area contributed by atoms with E-state index in [1.165, 1.54) is 4.68 Å². The molecular formula is C22H31N5O2. The molecule has 3 heterocycles. The van der Waals surface area contributed by atoms with Crippen LogP contribution in [0, 0.1) is 5.92 Å². The summed E-state index contributed by atoms with van der Waals surface area (Å²) in [5, 5.41) is 4.55. The van der Waals surface area contributed by atoms with Crippen LogP contribution in [0.4, 0.5) is 0 Å². The minimum absolute atomic E-state index is 0.108. The molecule has 2 aromatic rings. The molecule has 1 aromatic carbocycles. The van der Waals surface area contributed by atoms with Crippen LogP contribution in [0.5, 0.6) is 0 Å². The van der Waals surface area contributed by atoms with Crippen LogP contribution in [0.3, 0.4) is 0 Å². The number of aryl methyl sites for hydroxylation is 1. The van der Waals surface area contributed by atoms with Gasteiger partial charge in [0.15, 0.2) is 0 Å². The van der Waals surface area contributed by atoms with Crippen molar-refractivity contribution in [3.63, 3.8) is 0 Å². The molecule has 1 aromatic heterocycles. The predicted molar refractivity (Wildman–Crippen MR) is 112 cm³/mol. The molecule has 0 unspecified atom stereocenters. The second-order valence-corrected chi connectivity index (χ2v) is 8.55. The average Bonchev–Trinajstić information content (AvgIpc) is 3.04. The van der Waals surface area contributed by atoms with Gasteiger partial charge in [0.1, 0.15) is 5.82 Å². The Hall–Kier alpha value is -2.41. The van der Waals surface area contributed by atoms with Gasteiger partial charge in [-0.2, -0.15) is 5.10 Å². The van der Waals surface area contributed by atoms with Crippen molar-refractivity contribution in [2.75, 3.05) is 32.7 Å². The van der Waals surface area contributed by atoms with Crippen molar-refractivity contribution in [1.29, 1.82) is 0 Å². The van der Waals surface area contributed by atoms with Gasteiger partial charge in [-0.1, -0.05) is 25.1 Å². The van der Waals surface area contributed by atoms with E-state index in [1.807, 2.05) is 35.2 Å². The van der Waals surface area contributed by atoms with Crippen molar-refractivity contribution >= 4 is 5.91 Å². The largest absolute Gasteiger partial charge is 0.350 e. The number of benzene rings is 1. The van der Waals surface area contributed by atoms with Gasteiger partial charge >= 0.3 is 5.69 Å². The highest BCUT2D eigenvalue weighted by Gasteiger charge is 2.29. The number of rotatable bonds is 4. The van der Waals surface area contributed by atoms with Crippen molar-refractivity contribution in [3.05, 3.63) is 46.6 Å². The molecule has 0 atom stereocenters. The summed E-state index contributed by atoms with van der Waals surface area (Å²) in [6.45, 7) is 6.29. The molecule has 1 amide bonds. The fourth-order valence-electron chi connectivity index (χ4n) is 4.47. The summed E-state index contributed by atoms with van der Waals surface area (Å²) in [6, 6.07) is 9.71.